The predicted octanol–water partition coefficient (Wildman–Crippen LogP) is 1.77. The van der Waals surface area contributed by atoms with Gasteiger partial charge in [-0.2, -0.15) is 0 Å². The van der Waals surface area contributed by atoms with Crippen molar-refractivity contribution in [1.82, 2.24) is 5.32 Å². The number of rotatable bonds is 4. The molecule has 21 heavy (non-hydrogen) atoms. The molecule has 2 rings (SSSR count). The van der Waals surface area contributed by atoms with Gasteiger partial charge in [-0.05, 0) is 42.8 Å². The third-order valence-electron chi connectivity index (χ3n) is 2.64. The van der Waals surface area contributed by atoms with Gasteiger partial charge in [0.15, 0.2) is 0 Å². The average Bonchev–Trinajstić information content (AvgIpc) is 2.83. The van der Waals surface area contributed by atoms with E-state index in [2.05, 4.69) is 5.32 Å². The zero-order valence-corrected chi connectivity index (χ0v) is 12.7. The van der Waals surface area contributed by atoms with Crippen molar-refractivity contribution in [3.8, 4) is 0 Å². The standard InChI is InChI=1S/C13H13FN2O3S2/c1-8-4-9(6-10(14)5-8)13(17)16-7-11-2-3-12(20-11)21(15,18)19/h2-6H,7H2,1H3,(H,16,17)(H2,15,18,19). The number of nitrogens with one attached hydrogen (secondary N) is 1. The van der Waals surface area contributed by atoms with E-state index in [-0.39, 0.29) is 16.3 Å². The number of sulfonamides is 1. The van der Waals surface area contributed by atoms with Crippen LogP contribution in [0.15, 0.2) is 34.5 Å². The van der Waals surface area contributed by atoms with Gasteiger partial charge >= 0.3 is 0 Å². The lowest BCUT2D eigenvalue weighted by Gasteiger charge is -2.05. The highest BCUT2D eigenvalue weighted by Gasteiger charge is 2.12. The fraction of sp³-hybridized carbons (Fsp3) is 0.154. The van der Waals surface area contributed by atoms with E-state index >= 15 is 0 Å². The minimum absolute atomic E-state index is 0.0355. The molecule has 0 spiro atoms. The van der Waals surface area contributed by atoms with Gasteiger partial charge in [-0.15, -0.1) is 11.3 Å². The molecule has 112 valence electrons. The molecule has 0 radical (unpaired) electrons. The van der Waals surface area contributed by atoms with Crippen molar-refractivity contribution in [2.24, 2.45) is 5.14 Å². The summed E-state index contributed by atoms with van der Waals surface area (Å²) in [6, 6.07) is 7.00. The van der Waals surface area contributed by atoms with E-state index < -0.39 is 21.7 Å². The molecule has 2 aromatic rings. The number of carbonyl (C=O) groups excluding carboxylic acids is 1. The van der Waals surface area contributed by atoms with Crippen LogP contribution in [0.4, 0.5) is 4.39 Å². The summed E-state index contributed by atoms with van der Waals surface area (Å²) in [6.07, 6.45) is 0. The van der Waals surface area contributed by atoms with E-state index in [1.54, 1.807) is 19.1 Å². The van der Waals surface area contributed by atoms with Crippen LogP contribution >= 0.6 is 11.3 Å². The Morgan fingerprint density at radius 3 is 2.62 bits per heavy atom. The molecule has 0 unspecified atom stereocenters. The summed E-state index contributed by atoms with van der Waals surface area (Å²) < 4.78 is 35.5. The molecule has 1 aromatic carbocycles. The molecule has 5 nitrogen and oxygen atoms in total. The molecule has 0 aliphatic carbocycles. The number of amides is 1. The minimum atomic E-state index is -3.73. The molecular weight excluding hydrogens is 315 g/mol. The second-order valence-electron chi connectivity index (χ2n) is 4.47. The van der Waals surface area contributed by atoms with E-state index in [0.717, 1.165) is 17.4 Å². The molecule has 0 saturated heterocycles. The monoisotopic (exact) mass is 328 g/mol. The molecule has 0 aliphatic rings. The summed E-state index contributed by atoms with van der Waals surface area (Å²) in [7, 11) is -3.73. The van der Waals surface area contributed by atoms with Crippen LogP contribution in [0.25, 0.3) is 0 Å². The van der Waals surface area contributed by atoms with Crippen molar-refractivity contribution in [3.05, 3.63) is 52.2 Å². The lowest BCUT2D eigenvalue weighted by Crippen LogP contribution is -2.22. The highest BCUT2D eigenvalue weighted by molar-refractivity contribution is 7.91. The third kappa shape index (κ3) is 4.10. The quantitative estimate of drug-likeness (QED) is 0.896. The molecule has 0 bridgehead atoms. The van der Waals surface area contributed by atoms with E-state index in [9.17, 15) is 17.6 Å². The van der Waals surface area contributed by atoms with E-state index in [1.165, 1.54) is 12.1 Å². The van der Waals surface area contributed by atoms with Crippen LogP contribution in [0.2, 0.25) is 0 Å². The number of hydrogen-bond acceptors (Lipinski definition) is 4. The number of halogens is 1. The summed E-state index contributed by atoms with van der Waals surface area (Å²) in [5.74, 6) is -0.907. The van der Waals surface area contributed by atoms with Crippen molar-refractivity contribution < 1.29 is 17.6 Å². The SMILES string of the molecule is Cc1cc(F)cc(C(=O)NCc2ccc(S(N)(=O)=O)s2)c1. The maximum absolute atomic E-state index is 13.2. The number of hydrogen-bond donors (Lipinski definition) is 2. The summed E-state index contributed by atoms with van der Waals surface area (Å²) in [6.45, 7) is 1.84. The first kappa shape index (κ1) is 15.6. The molecule has 1 aromatic heterocycles. The van der Waals surface area contributed by atoms with Gasteiger partial charge in [0.05, 0.1) is 6.54 Å². The fourth-order valence-electron chi connectivity index (χ4n) is 1.74. The van der Waals surface area contributed by atoms with E-state index in [4.69, 9.17) is 5.14 Å². The minimum Gasteiger partial charge on any atom is -0.347 e. The Morgan fingerprint density at radius 2 is 2.05 bits per heavy atom. The molecule has 0 aliphatic heterocycles. The van der Waals surface area contributed by atoms with Crippen LogP contribution in [0.1, 0.15) is 20.8 Å². The maximum atomic E-state index is 13.2. The van der Waals surface area contributed by atoms with Gasteiger partial charge in [0.2, 0.25) is 10.0 Å². The van der Waals surface area contributed by atoms with Crippen LogP contribution in [0, 0.1) is 12.7 Å². The Hall–Kier alpha value is -1.77. The molecule has 1 heterocycles. The summed E-state index contributed by atoms with van der Waals surface area (Å²) in [4.78, 5) is 12.5. The summed E-state index contributed by atoms with van der Waals surface area (Å²) >= 11 is 0.982. The van der Waals surface area contributed by atoms with Gasteiger partial charge in [-0.25, -0.2) is 17.9 Å². The van der Waals surface area contributed by atoms with Crippen molar-refractivity contribution in [2.75, 3.05) is 0 Å². The Bertz CT molecular complexity index is 764. The van der Waals surface area contributed by atoms with Crippen molar-refractivity contribution in [2.45, 2.75) is 17.7 Å². The van der Waals surface area contributed by atoms with Crippen LogP contribution in [-0.2, 0) is 16.6 Å². The summed E-state index contributed by atoms with van der Waals surface area (Å²) in [5.41, 5.74) is 0.864. The first-order chi connectivity index (χ1) is 9.75. The van der Waals surface area contributed by atoms with Gasteiger partial charge < -0.3 is 5.32 Å². The zero-order valence-electron chi connectivity index (χ0n) is 11.1. The van der Waals surface area contributed by atoms with Gasteiger partial charge in [-0.1, -0.05) is 0 Å². The maximum Gasteiger partial charge on any atom is 0.251 e. The van der Waals surface area contributed by atoms with Crippen LogP contribution < -0.4 is 10.5 Å². The van der Waals surface area contributed by atoms with Crippen LogP contribution in [0.5, 0.6) is 0 Å². The lowest BCUT2D eigenvalue weighted by molar-refractivity contribution is 0.0950. The highest BCUT2D eigenvalue weighted by atomic mass is 32.2. The lowest BCUT2D eigenvalue weighted by atomic mass is 10.1. The molecule has 0 atom stereocenters. The third-order valence-corrected chi connectivity index (χ3v) is 5.17. The number of nitrogens with two attached hydrogens (primary N) is 1. The van der Waals surface area contributed by atoms with Crippen molar-refractivity contribution in [3.63, 3.8) is 0 Å². The highest BCUT2D eigenvalue weighted by Crippen LogP contribution is 2.20. The van der Waals surface area contributed by atoms with Crippen molar-refractivity contribution >= 4 is 27.3 Å². The molecular formula is C13H13FN2O3S2. The Labute approximate surface area is 125 Å². The average molecular weight is 328 g/mol. The van der Waals surface area contributed by atoms with Gasteiger partial charge in [-0.3, -0.25) is 4.79 Å². The largest absolute Gasteiger partial charge is 0.347 e. The summed E-state index contributed by atoms with van der Waals surface area (Å²) in [5, 5.41) is 7.61. The van der Waals surface area contributed by atoms with Gasteiger partial charge in [0.1, 0.15) is 10.0 Å². The van der Waals surface area contributed by atoms with Crippen LogP contribution in [0.3, 0.4) is 0 Å². The number of primary sulfonamides is 1. The molecule has 0 saturated carbocycles. The number of benzene rings is 1. The predicted molar refractivity (Wildman–Crippen MR) is 78.0 cm³/mol. The molecule has 8 heteroatoms. The van der Waals surface area contributed by atoms with Gasteiger partial charge in [0, 0.05) is 10.4 Å². The Kier molecular flexibility index (Phi) is 4.40. The topological polar surface area (TPSA) is 89.3 Å². The second kappa shape index (κ2) is 5.92. The first-order valence-electron chi connectivity index (χ1n) is 5.92. The second-order valence-corrected chi connectivity index (χ2v) is 7.42. The number of thiophene rings is 1. The smallest absolute Gasteiger partial charge is 0.251 e. The fourth-order valence-corrected chi connectivity index (χ4v) is 3.46. The van der Waals surface area contributed by atoms with E-state index in [1.807, 2.05) is 0 Å². The number of aryl methyl sites for hydroxylation is 1. The van der Waals surface area contributed by atoms with Gasteiger partial charge in [0.25, 0.3) is 5.91 Å². The van der Waals surface area contributed by atoms with Crippen molar-refractivity contribution in [1.29, 1.82) is 0 Å². The Morgan fingerprint density at radius 1 is 1.33 bits per heavy atom. The molecule has 0 fully saturated rings. The Balaban J connectivity index is 2.06. The van der Waals surface area contributed by atoms with E-state index in [0.29, 0.717) is 10.4 Å². The molecule has 1 amide bonds. The number of carbonyl (C=O) groups is 1. The van der Waals surface area contributed by atoms with Crippen LogP contribution in [-0.4, -0.2) is 14.3 Å². The zero-order chi connectivity index (χ0) is 15.6. The normalized spacial score (nSPS) is 11.4. The first-order valence-corrected chi connectivity index (χ1v) is 8.29. The molecule has 3 N–H and O–H groups in total.